The van der Waals surface area contributed by atoms with Crippen molar-refractivity contribution in [1.82, 2.24) is 10.1 Å². The topological polar surface area (TPSA) is 99.7 Å². The highest BCUT2D eigenvalue weighted by molar-refractivity contribution is 7.12. The lowest BCUT2D eigenvalue weighted by atomic mass is 10.3. The highest BCUT2D eigenvalue weighted by Gasteiger charge is 2.10. The zero-order valence-corrected chi connectivity index (χ0v) is 11.0. The van der Waals surface area contributed by atoms with Crippen LogP contribution in [0.25, 0.3) is 11.4 Å². The Morgan fingerprint density at radius 3 is 3.15 bits per heavy atom. The van der Waals surface area contributed by atoms with Gasteiger partial charge in [0, 0.05) is 0 Å². The van der Waals surface area contributed by atoms with Crippen LogP contribution in [0.2, 0.25) is 0 Å². The monoisotopic (exact) mass is 290 g/mol. The molecule has 3 rings (SSSR count). The molecule has 0 aliphatic rings. The van der Waals surface area contributed by atoms with Crippen molar-refractivity contribution >= 4 is 17.2 Å². The van der Waals surface area contributed by atoms with Crippen molar-refractivity contribution in [3.63, 3.8) is 0 Å². The van der Waals surface area contributed by atoms with Gasteiger partial charge in [0.05, 0.1) is 16.7 Å². The van der Waals surface area contributed by atoms with E-state index in [0.29, 0.717) is 17.6 Å². The minimum atomic E-state index is 0.0525. The third kappa shape index (κ3) is 2.69. The van der Waals surface area contributed by atoms with Crippen molar-refractivity contribution in [3.05, 3.63) is 46.9 Å². The van der Waals surface area contributed by atoms with Gasteiger partial charge in [0.1, 0.15) is 6.26 Å². The Morgan fingerprint density at radius 1 is 1.45 bits per heavy atom. The number of rotatable bonds is 5. The number of furan rings is 1. The fourth-order valence-electron chi connectivity index (χ4n) is 1.45. The summed E-state index contributed by atoms with van der Waals surface area (Å²) in [5, 5.41) is 9.50. The number of hydrogen-bond donors (Lipinski definition) is 1. The van der Waals surface area contributed by atoms with E-state index in [1.165, 1.54) is 23.9 Å². The molecule has 3 aromatic heterocycles. The Labute approximate surface area is 117 Å². The van der Waals surface area contributed by atoms with E-state index in [1.807, 2.05) is 17.5 Å². The Hall–Kier alpha value is -2.61. The van der Waals surface area contributed by atoms with Crippen molar-refractivity contribution in [2.45, 2.75) is 6.61 Å². The lowest BCUT2D eigenvalue weighted by Gasteiger charge is -1.96. The molecule has 0 unspecified atom stereocenters. The lowest BCUT2D eigenvalue weighted by Crippen LogP contribution is -2.11. The van der Waals surface area contributed by atoms with Crippen LogP contribution in [0.4, 0.5) is 0 Å². The number of oxime groups is 1. The van der Waals surface area contributed by atoms with E-state index in [0.717, 1.165) is 10.4 Å². The highest BCUT2D eigenvalue weighted by Crippen LogP contribution is 2.16. The van der Waals surface area contributed by atoms with Crippen LogP contribution >= 0.6 is 11.3 Å². The summed E-state index contributed by atoms with van der Waals surface area (Å²) in [4.78, 5) is 10.1. The summed E-state index contributed by atoms with van der Waals surface area (Å²) < 4.78 is 9.97. The molecule has 0 aliphatic heterocycles. The molecular weight excluding hydrogens is 280 g/mol. The van der Waals surface area contributed by atoms with Crippen molar-refractivity contribution in [3.8, 4) is 11.4 Å². The maximum Gasteiger partial charge on any atom is 0.267 e. The summed E-state index contributed by atoms with van der Waals surface area (Å²) in [5.74, 6) is 1.06. The molecule has 0 amide bonds. The fourth-order valence-corrected chi connectivity index (χ4v) is 2.07. The molecule has 0 radical (unpaired) electrons. The molecule has 0 saturated heterocycles. The van der Waals surface area contributed by atoms with Gasteiger partial charge in [0.15, 0.2) is 12.4 Å². The van der Waals surface area contributed by atoms with Crippen LogP contribution in [0.1, 0.15) is 10.8 Å². The smallest absolute Gasteiger partial charge is 0.267 e. The molecule has 3 heterocycles. The molecule has 0 saturated carbocycles. The number of thiophene rings is 1. The van der Waals surface area contributed by atoms with Gasteiger partial charge in [0.25, 0.3) is 5.89 Å². The molecular formula is C12H10N4O3S. The summed E-state index contributed by atoms with van der Waals surface area (Å²) >= 11 is 1.48. The van der Waals surface area contributed by atoms with Gasteiger partial charge in [0.2, 0.25) is 5.82 Å². The molecule has 0 fully saturated rings. The van der Waals surface area contributed by atoms with Crippen molar-refractivity contribution in [2.75, 3.05) is 0 Å². The van der Waals surface area contributed by atoms with Crippen molar-refractivity contribution in [1.29, 1.82) is 0 Å². The lowest BCUT2D eigenvalue weighted by molar-refractivity contribution is 0.105. The van der Waals surface area contributed by atoms with Crippen LogP contribution < -0.4 is 5.73 Å². The minimum Gasteiger partial charge on any atom is -0.472 e. The van der Waals surface area contributed by atoms with Gasteiger partial charge in [-0.15, -0.1) is 11.3 Å². The predicted molar refractivity (Wildman–Crippen MR) is 71.8 cm³/mol. The standard InChI is InChI=1S/C12H10N4O3S/c13-11(9-2-1-5-20-9)15-18-7-10-14-12(16-19-10)8-3-4-17-6-8/h1-6H,7H2,(H2,13,15). The van der Waals surface area contributed by atoms with Gasteiger partial charge >= 0.3 is 0 Å². The van der Waals surface area contributed by atoms with E-state index in [4.69, 9.17) is 19.5 Å². The third-order valence-electron chi connectivity index (χ3n) is 2.37. The summed E-state index contributed by atoms with van der Waals surface area (Å²) in [7, 11) is 0. The van der Waals surface area contributed by atoms with Gasteiger partial charge in [-0.1, -0.05) is 16.4 Å². The molecule has 0 atom stereocenters. The van der Waals surface area contributed by atoms with E-state index < -0.39 is 0 Å². The number of aromatic nitrogens is 2. The second kappa shape index (κ2) is 5.57. The van der Waals surface area contributed by atoms with E-state index in [2.05, 4.69) is 15.3 Å². The van der Waals surface area contributed by atoms with E-state index in [9.17, 15) is 0 Å². The number of hydrogen-bond acceptors (Lipinski definition) is 7. The molecule has 7 nitrogen and oxygen atoms in total. The van der Waals surface area contributed by atoms with Crippen LogP contribution in [-0.2, 0) is 11.4 Å². The van der Waals surface area contributed by atoms with Gasteiger partial charge in [-0.05, 0) is 17.5 Å². The van der Waals surface area contributed by atoms with Gasteiger partial charge < -0.3 is 19.5 Å². The van der Waals surface area contributed by atoms with Crippen LogP contribution in [0.15, 0.2) is 50.2 Å². The quantitative estimate of drug-likeness (QED) is 0.439. The summed E-state index contributed by atoms with van der Waals surface area (Å²) in [6.45, 7) is 0.0525. The first-order valence-electron chi connectivity index (χ1n) is 5.67. The summed E-state index contributed by atoms with van der Waals surface area (Å²) in [5.41, 5.74) is 6.48. The fraction of sp³-hybridized carbons (Fsp3) is 0.0833. The Kier molecular flexibility index (Phi) is 3.46. The Balaban J connectivity index is 1.61. The minimum absolute atomic E-state index is 0.0525. The van der Waals surface area contributed by atoms with Gasteiger partial charge in [-0.2, -0.15) is 4.98 Å². The van der Waals surface area contributed by atoms with Gasteiger partial charge in [-0.25, -0.2) is 0 Å². The Morgan fingerprint density at radius 2 is 2.40 bits per heavy atom. The first kappa shape index (κ1) is 12.4. The number of nitrogens with zero attached hydrogens (tertiary/aromatic N) is 3. The van der Waals surface area contributed by atoms with Crippen LogP contribution in [-0.4, -0.2) is 16.0 Å². The van der Waals surface area contributed by atoms with E-state index in [-0.39, 0.29) is 6.61 Å². The second-order valence-electron chi connectivity index (χ2n) is 3.75. The van der Waals surface area contributed by atoms with Crippen molar-refractivity contribution < 1.29 is 13.8 Å². The SMILES string of the molecule is NC(=NOCc1nc(-c2ccoc2)no1)c1cccs1. The molecule has 0 aromatic carbocycles. The van der Waals surface area contributed by atoms with Crippen molar-refractivity contribution in [2.24, 2.45) is 10.9 Å². The van der Waals surface area contributed by atoms with Crippen LogP contribution in [0, 0.1) is 0 Å². The zero-order chi connectivity index (χ0) is 13.8. The first-order valence-corrected chi connectivity index (χ1v) is 6.55. The maximum absolute atomic E-state index is 5.74. The molecule has 0 aliphatic carbocycles. The molecule has 0 bridgehead atoms. The maximum atomic E-state index is 5.74. The highest BCUT2D eigenvalue weighted by atomic mass is 32.1. The summed E-state index contributed by atoms with van der Waals surface area (Å²) in [6.07, 6.45) is 3.07. The molecule has 3 aromatic rings. The average Bonchev–Trinajstić information content (AvgIpc) is 3.20. The molecule has 0 spiro atoms. The molecule has 2 N–H and O–H groups in total. The van der Waals surface area contributed by atoms with Crippen LogP contribution in [0.3, 0.4) is 0 Å². The third-order valence-corrected chi connectivity index (χ3v) is 3.26. The molecule has 102 valence electrons. The predicted octanol–water partition coefficient (Wildman–Crippen LogP) is 2.23. The normalized spacial score (nSPS) is 11.7. The van der Waals surface area contributed by atoms with Crippen LogP contribution in [0.5, 0.6) is 0 Å². The molecule has 20 heavy (non-hydrogen) atoms. The molecule has 8 heteroatoms. The average molecular weight is 290 g/mol. The summed E-state index contributed by atoms with van der Waals surface area (Å²) in [6, 6.07) is 5.48. The van der Waals surface area contributed by atoms with Gasteiger partial charge in [-0.3, -0.25) is 0 Å². The van der Waals surface area contributed by atoms with E-state index in [1.54, 1.807) is 6.07 Å². The Bertz CT molecular complexity index is 688. The number of amidine groups is 1. The van der Waals surface area contributed by atoms with E-state index >= 15 is 0 Å². The first-order chi connectivity index (χ1) is 9.83. The second-order valence-corrected chi connectivity index (χ2v) is 4.70. The zero-order valence-electron chi connectivity index (χ0n) is 10.2. The number of nitrogens with two attached hydrogens (primary N) is 1. The largest absolute Gasteiger partial charge is 0.472 e.